The SMILES string of the molecule is CC(C)(N)CN1CC(=O)NCC1(C)C.Cl. The van der Waals surface area contributed by atoms with Gasteiger partial charge in [0.05, 0.1) is 6.54 Å². The van der Waals surface area contributed by atoms with E-state index >= 15 is 0 Å². The number of amides is 1. The van der Waals surface area contributed by atoms with Gasteiger partial charge in [-0.05, 0) is 27.7 Å². The highest BCUT2D eigenvalue weighted by Crippen LogP contribution is 2.18. The molecule has 0 saturated carbocycles. The first-order valence-corrected chi connectivity index (χ1v) is 5.01. The summed E-state index contributed by atoms with van der Waals surface area (Å²) < 4.78 is 0. The Bertz CT molecular complexity index is 235. The van der Waals surface area contributed by atoms with E-state index < -0.39 is 0 Å². The minimum Gasteiger partial charge on any atom is -0.353 e. The number of carbonyl (C=O) groups is 1. The second-order valence-electron chi connectivity index (χ2n) is 5.43. The highest BCUT2D eigenvalue weighted by atomic mass is 35.5. The van der Waals surface area contributed by atoms with Crippen molar-refractivity contribution in [2.24, 2.45) is 5.73 Å². The van der Waals surface area contributed by atoms with E-state index in [1.807, 2.05) is 13.8 Å². The molecule has 1 aliphatic rings. The summed E-state index contributed by atoms with van der Waals surface area (Å²) in [4.78, 5) is 13.4. The van der Waals surface area contributed by atoms with Gasteiger partial charge in [0, 0.05) is 24.2 Å². The second kappa shape index (κ2) is 4.68. The summed E-state index contributed by atoms with van der Waals surface area (Å²) in [6.45, 7) is 10.1. The van der Waals surface area contributed by atoms with Crippen LogP contribution in [0.5, 0.6) is 0 Å². The minimum absolute atomic E-state index is 0. The highest BCUT2D eigenvalue weighted by Gasteiger charge is 2.35. The van der Waals surface area contributed by atoms with Gasteiger partial charge < -0.3 is 11.1 Å². The predicted octanol–water partition coefficient (Wildman–Crippen LogP) is 0.356. The van der Waals surface area contributed by atoms with Gasteiger partial charge in [-0.2, -0.15) is 0 Å². The van der Waals surface area contributed by atoms with Gasteiger partial charge in [0.2, 0.25) is 5.91 Å². The van der Waals surface area contributed by atoms with Crippen LogP contribution in [0.2, 0.25) is 0 Å². The Morgan fingerprint density at radius 2 is 2.07 bits per heavy atom. The van der Waals surface area contributed by atoms with Crippen molar-refractivity contribution in [2.75, 3.05) is 19.6 Å². The lowest BCUT2D eigenvalue weighted by Gasteiger charge is -2.44. The van der Waals surface area contributed by atoms with Crippen LogP contribution in [0.25, 0.3) is 0 Å². The lowest BCUT2D eigenvalue weighted by atomic mass is 9.96. The van der Waals surface area contributed by atoms with Gasteiger partial charge >= 0.3 is 0 Å². The van der Waals surface area contributed by atoms with E-state index in [4.69, 9.17) is 5.73 Å². The normalized spacial score (nSPS) is 21.8. The molecule has 5 heteroatoms. The number of nitrogens with zero attached hydrogens (tertiary/aromatic N) is 1. The average molecular weight is 236 g/mol. The van der Waals surface area contributed by atoms with E-state index in [0.29, 0.717) is 13.1 Å². The maximum atomic E-state index is 11.3. The third-order valence-corrected chi connectivity index (χ3v) is 2.51. The fourth-order valence-electron chi connectivity index (χ4n) is 1.63. The van der Waals surface area contributed by atoms with E-state index in [-0.39, 0.29) is 29.4 Å². The number of nitrogens with one attached hydrogen (secondary N) is 1. The van der Waals surface area contributed by atoms with Crippen molar-refractivity contribution in [3.05, 3.63) is 0 Å². The molecule has 4 nitrogen and oxygen atoms in total. The van der Waals surface area contributed by atoms with Crippen LogP contribution in [0.1, 0.15) is 27.7 Å². The smallest absolute Gasteiger partial charge is 0.234 e. The van der Waals surface area contributed by atoms with E-state index in [2.05, 4.69) is 24.1 Å². The monoisotopic (exact) mass is 235 g/mol. The van der Waals surface area contributed by atoms with E-state index in [1.165, 1.54) is 0 Å². The fraction of sp³-hybridized carbons (Fsp3) is 0.900. The number of nitrogens with two attached hydrogens (primary N) is 1. The topological polar surface area (TPSA) is 58.4 Å². The van der Waals surface area contributed by atoms with Crippen molar-refractivity contribution in [2.45, 2.75) is 38.8 Å². The Morgan fingerprint density at radius 3 is 2.53 bits per heavy atom. The predicted molar refractivity (Wildman–Crippen MR) is 64.2 cm³/mol. The van der Waals surface area contributed by atoms with E-state index in [1.54, 1.807) is 0 Å². The zero-order chi connectivity index (χ0) is 11.0. The van der Waals surface area contributed by atoms with E-state index in [0.717, 1.165) is 6.54 Å². The summed E-state index contributed by atoms with van der Waals surface area (Å²) in [6, 6.07) is 0. The Morgan fingerprint density at radius 1 is 1.53 bits per heavy atom. The van der Waals surface area contributed by atoms with Gasteiger partial charge in [0.25, 0.3) is 0 Å². The summed E-state index contributed by atoms with van der Waals surface area (Å²) in [5.74, 6) is 0.0913. The number of halogens is 1. The molecule has 0 atom stereocenters. The molecule has 0 aromatic heterocycles. The lowest BCUT2D eigenvalue weighted by Crippen LogP contribution is -2.63. The van der Waals surface area contributed by atoms with Crippen LogP contribution in [0.15, 0.2) is 0 Å². The fourth-order valence-corrected chi connectivity index (χ4v) is 1.63. The van der Waals surface area contributed by atoms with Crippen molar-refractivity contribution < 1.29 is 4.79 Å². The number of hydrogen-bond donors (Lipinski definition) is 2. The molecule has 0 bridgehead atoms. The molecule has 0 aromatic rings. The molecule has 1 aliphatic heterocycles. The first-order chi connectivity index (χ1) is 6.21. The zero-order valence-corrected chi connectivity index (χ0v) is 10.8. The maximum absolute atomic E-state index is 11.3. The molecule has 0 radical (unpaired) electrons. The minimum atomic E-state index is -0.255. The molecule has 1 rings (SSSR count). The zero-order valence-electron chi connectivity index (χ0n) is 9.96. The van der Waals surface area contributed by atoms with Gasteiger partial charge in [-0.25, -0.2) is 0 Å². The average Bonchev–Trinajstić information content (AvgIpc) is 1.95. The van der Waals surface area contributed by atoms with Gasteiger partial charge in [0.1, 0.15) is 0 Å². The van der Waals surface area contributed by atoms with Crippen LogP contribution < -0.4 is 11.1 Å². The standard InChI is InChI=1S/C10H21N3O.ClH/c1-9(2,11)7-13-5-8(14)12-6-10(13,3)4;/h5-7,11H2,1-4H3,(H,12,14);1H. The molecule has 0 spiro atoms. The summed E-state index contributed by atoms with van der Waals surface area (Å²) >= 11 is 0. The second-order valence-corrected chi connectivity index (χ2v) is 5.43. The molecule has 1 heterocycles. The molecule has 1 saturated heterocycles. The summed E-state index contributed by atoms with van der Waals surface area (Å²) in [6.07, 6.45) is 0. The van der Waals surface area contributed by atoms with Crippen molar-refractivity contribution in [3.8, 4) is 0 Å². The first-order valence-electron chi connectivity index (χ1n) is 5.01. The van der Waals surface area contributed by atoms with Gasteiger partial charge in [-0.1, -0.05) is 0 Å². The Kier molecular flexibility index (Phi) is 4.58. The third kappa shape index (κ3) is 4.36. The summed E-state index contributed by atoms with van der Waals surface area (Å²) in [5, 5.41) is 2.87. The molecule has 90 valence electrons. The third-order valence-electron chi connectivity index (χ3n) is 2.51. The summed E-state index contributed by atoms with van der Waals surface area (Å²) in [7, 11) is 0. The Hall–Kier alpha value is -0.320. The molecule has 1 amide bonds. The molecule has 15 heavy (non-hydrogen) atoms. The summed E-state index contributed by atoms with van der Waals surface area (Å²) in [5.41, 5.74) is 5.71. The Balaban J connectivity index is 0.00000196. The van der Waals surface area contributed by atoms with Crippen LogP contribution in [0.4, 0.5) is 0 Å². The molecular formula is C10H22ClN3O. The van der Waals surface area contributed by atoms with E-state index in [9.17, 15) is 4.79 Å². The first kappa shape index (κ1) is 14.7. The molecule has 0 aliphatic carbocycles. The van der Waals surface area contributed by atoms with Crippen LogP contribution in [-0.4, -0.2) is 41.5 Å². The van der Waals surface area contributed by atoms with Crippen molar-refractivity contribution in [1.29, 1.82) is 0 Å². The number of rotatable bonds is 2. The molecule has 3 N–H and O–H groups in total. The van der Waals surface area contributed by atoms with Crippen molar-refractivity contribution >= 4 is 18.3 Å². The largest absolute Gasteiger partial charge is 0.353 e. The highest BCUT2D eigenvalue weighted by molar-refractivity contribution is 5.85. The van der Waals surface area contributed by atoms with Crippen LogP contribution in [0, 0.1) is 0 Å². The molecule has 0 aromatic carbocycles. The van der Waals surface area contributed by atoms with Crippen LogP contribution >= 0.6 is 12.4 Å². The molecular weight excluding hydrogens is 214 g/mol. The molecule has 0 unspecified atom stereocenters. The Labute approximate surface area is 98.0 Å². The number of carbonyl (C=O) groups excluding carboxylic acids is 1. The van der Waals surface area contributed by atoms with Gasteiger partial charge in [-0.3, -0.25) is 9.69 Å². The van der Waals surface area contributed by atoms with Gasteiger partial charge in [0.15, 0.2) is 0 Å². The number of hydrogen-bond acceptors (Lipinski definition) is 3. The van der Waals surface area contributed by atoms with Gasteiger partial charge in [-0.15, -0.1) is 12.4 Å². The van der Waals surface area contributed by atoms with Crippen LogP contribution in [0.3, 0.4) is 0 Å². The van der Waals surface area contributed by atoms with Crippen LogP contribution in [-0.2, 0) is 4.79 Å². The quantitative estimate of drug-likeness (QED) is 0.727. The molecule has 1 fully saturated rings. The van der Waals surface area contributed by atoms with Crippen molar-refractivity contribution in [1.82, 2.24) is 10.2 Å². The van der Waals surface area contributed by atoms with Crippen molar-refractivity contribution in [3.63, 3.8) is 0 Å². The maximum Gasteiger partial charge on any atom is 0.234 e. The lowest BCUT2D eigenvalue weighted by molar-refractivity contribution is -0.128. The number of piperazine rings is 1.